The fourth-order valence-corrected chi connectivity index (χ4v) is 0.940. The van der Waals surface area contributed by atoms with Crippen LogP contribution in [0.1, 0.15) is 25.7 Å². The molecule has 0 aromatic rings. The maximum absolute atomic E-state index is 10.7. The van der Waals surface area contributed by atoms with Crippen LogP contribution in [0, 0.1) is 0 Å². The highest BCUT2D eigenvalue weighted by atomic mass is 16.1. The molecule has 0 unspecified atom stereocenters. The lowest BCUT2D eigenvalue weighted by atomic mass is 9.95. The van der Waals surface area contributed by atoms with E-state index in [0.29, 0.717) is 0 Å². The molecule has 0 radical (unpaired) electrons. The van der Waals surface area contributed by atoms with Gasteiger partial charge in [0.05, 0.1) is 0 Å². The first-order valence-corrected chi connectivity index (χ1v) is 3.01. The summed E-state index contributed by atoms with van der Waals surface area (Å²) >= 11 is 0. The molecule has 0 saturated heterocycles. The molecule has 0 aromatic heterocycles. The molecular weight excluding hydrogens is 100 g/mol. The molecular formula is C7H10O. The van der Waals surface area contributed by atoms with Crippen molar-refractivity contribution < 1.29 is 4.79 Å². The second kappa shape index (κ2) is 2.12. The van der Waals surface area contributed by atoms with Crippen molar-refractivity contribution in [1.82, 2.24) is 0 Å². The maximum Gasteiger partial charge on any atom is 0.158 e. The van der Waals surface area contributed by atoms with Gasteiger partial charge in [0.25, 0.3) is 0 Å². The van der Waals surface area contributed by atoms with E-state index in [2.05, 4.69) is 6.58 Å². The molecule has 1 aliphatic carbocycles. The first-order valence-electron chi connectivity index (χ1n) is 3.01. The first-order chi connectivity index (χ1) is 3.80. The van der Waals surface area contributed by atoms with Crippen LogP contribution in [0.25, 0.3) is 0 Å². The van der Waals surface area contributed by atoms with Crippen molar-refractivity contribution in [3.8, 4) is 0 Å². The molecule has 1 heteroatoms. The molecule has 0 aromatic carbocycles. The summed E-state index contributed by atoms with van der Waals surface area (Å²) in [6.45, 7) is 3.65. The van der Waals surface area contributed by atoms with E-state index < -0.39 is 0 Å². The number of allylic oxidation sites excluding steroid dienone is 1. The van der Waals surface area contributed by atoms with Gasteiger partial charge in [0.1, 0.15) is 0 Å². The Bertz CT molecular complexity index is 108. The van der Waals surface area contributed by atoms with Crippen LogP contribution in [-0.4, -0.2) is 5.78 Å². The molecule has 0 amide bonds. The van der Waals surface area contributed by atoms with Gasteiger partial charge in [-0.1, -0.05) is 6.58 Å². The van der Waals surface area contributed by atoms with Gasteiger partial charge in [-0.25, -0.2) is 0 Å². The Morgan fingerprint density at radius 3 is 2.25 bits per heavy atom. The lowest BCUT2D eigenvalue weighted by Gasteiger charge is -2.09. The second-order valence-corrected chi connectivity index (χ2v) is 2.23. The molecule has 0 bridgehead atoms. The smallest absolute Gasteiger partial charge is 0.158 e. The van der Waals surface area contributed by atoms with Crippen molar-refractivity contribution in [1.29, 1.82) is 0 Å². The maximum atomic E-state index is 10.7. The van der Waals surface area contributed by atoms with Crippen LogP contribution in [0.5, 0.6) is 0 Å². The summed E-state index contributed by atoms with van der Waals surface area (Å²) in [5.74, 6) is 0.274. The third kappa shape index (κ3) is 0.971. The second-order valence-electron chi connectivity index (χ2n) is 2.23. The molecule has 0 atom stereocenters. The van der Waals surface area contributed by atoms with Crippen LogP contribution in [0.3, 0.4) is 0 Å². The third-order valence-corrected chi connectivity index (χ3v) is 1.53. The highest BCUT2D eigenvalue weighted by molar-refractivity contribution is 5.95. The average molecular weight is 110 g/mol. The topological polar surface area (TPSA) is 17.1 Å². The average Bonchev–Trinajstić information content (AvgIpc) is 1.77. The van der Waals surface area contributed by atoms with E-state index >= 15 is 0 Å². The van der Waals surface area contributed by atoms with Crippen LogP contribution >= 0.6 is 0 Å². The van der Waals surface area contributed by atoms with Crippen molar-refractivity contribution in [3.63, 3.8) is 0 Å². The number of hydrogen-bond acceptors (Lipinski definition) is 1. The molecule has 0 aliphatic heterocycles. The highest BCUT2D eigenvalue weighted by Gasteiger charge is 2.11. The molecule has 8 heavy (non-hydrogen) atoms. The number of ketones is 1. The Labute approximate surface area is 49.4 Å². The van der Waals surface area contributed by atoms with Gasteiger partial charge in [-0.2, -0.15) is 0 Å². The third-order valence-electron chi connectivity index (χ3n) is 1.53. The Morgan fingerprint density at radius 1 is 1.25 bits per heavy atom. The largest absolute Gasteiger partial charge is 0.295 e. The van der Waals surface area contributed by atoms with E-state index in [1.807, 2.05) is 0 Å². The van der Waals surface area contributed by atoms with E-state index in [4.69, 9.17) is 0 Å². The van der Waals surface area contributed by atoms with E-state index in [0.717, 1.165) is 31.3 Å². The monoisotopic (exact) mass is 110 g/mol. The molecule has 1 nitrogen and oxygen atoms in total. The van der Waals surface area contributed by atoms with Gasteiger partial charge in [0.15, 0.2) is 5.78 Å². The first kappa shape index (κ1) is 5.54. The number of rotatable bonds is 0. The van der Waals surface area contributed by atoms with Crippen molar-refractivity contribution in [2.75, 3.05) is 0 Å². The van der Waals surface area contributed by atoms with Crippen molar-refractivity contribution in [3.05, 3.63) is 12.2 Å². The van der Waals surface area contributed by atoms with Crippen LogP contribution in [0.2, 0.25) is 0 Å². The summed E-state index contributed by atoms with van der Waals surface area (Å²) in [4.78, 5) is 10.7. The molecule has 1 fully saturated rings. The van der Waals surface area contributed by atoms with Crippen LogP contribution in [0.15, 0.2) is 12.2 Å². The van der Waals surface area contributed by atoms with Gasteiger partial charge in [-0.3, -0.25) is 4.79 Å². The van der Waals surface area contributed by atoms with Gasteiger partial charge in [0, 0.05) is 6.42 Å². The highest BCUT2D eigenvalue weighted by Crippen LogP contribution is 2.17. The number of hydrogen-bond donors (Lipinski definition) is 0. The zero-order valence-corrected chi connectivity index (χ0v) is 4.94. The zero-order chi connectivity index (χ0) is 5.98. The molecule has 0 heterocycles. The van der Waals surface area contributed by atoms with Gasteiger partial charge in [0.2, 0.25) is 0 Å². The number of Topliss-reactive ketones (excluding diaryl/α,β-unsaturated/α-hetero) is 1. The lowest BCUT2D eigenvalue weighted by Crippen LogP contribution is -2.06. The molecule has 44 valence electrons. The predicted octanol–water partition coefficient (Wildman–Crippen LogP) is 1.69. The number of carbonyl (C=O) groups is 1. The number of carbonyl (C=O) groups excluding carboxylic acids is 1. The van der Waals surface area contributed by atoms with Gasteiger partial charge in [-0.15, -0.1) is 0 Å². The molecule has 1 aliphatic rings. The minimum Gasteiger partial charge on any atom is -0.295 e. The van der Waals surface area contributed by atoms with E-state index in [1.54, 1.807) is 0 Å². The zero-order valence-electron chi connectivity index (χ0n) is 4.94. The summed E-state index contributed by atoms with van der Waals surface area (Å²) < 4.78 is 0. The van der Waals surface area contributed by atoms with Crippen molar-refractivity contribution in [2.45, 2.75) is 25.7 Å². The standard InChI is InChI=1S/C7H10O/c1-6-4-2-3-5-7(6)8/h1-5H2. The Kier molecular flexibility index (Phi) is 1.47. The molecule has 1 saturated carbocycles. The Balaban J connectivity index is 2.52. The van der Waals surface area contributed by atoms with Crippen molar-refractivity contribution >= 4 is 5.78 Å². The van der Waals surface area contributed by atoms with Crippen molar-refractivity contribution in [2.24, 2.45) is 0 Å². The quantitative estimate of drug-likeness (QED) is 0.433. The molecule has 1 rings (SSSR count). The van der Waals surface area contributed by atoms with Crippen LogP contribution in [0.4, 0.5) is 0 Å². The fraction of sp³-hybridized carbons (Fsp3) is 0.571. The fourth-order valence-electron chi connectivity index (χ4n) is 0.940. The molecule has 0 spiro atoms. The minimum absolute atomic E-state index is 0.274. The predicted molar refractivity (Wildman–Crippen MR) is 32.6 cm³/mol. The molecule has 0 N–H and O–H groups in total. The normalized spacial score (nSPS) is 21.5. The van der Waals surface area contributed by atoms with Gasteiger partial charge in [-0.05, 0) is 24.8 Å². The SMILES string of the molecule is C=C1CCCCC1=O. The van der Waals surface area contributed by atoms with E-state index in [9.17, 15) is 4.79 Å². The van der Waals surface area contributed by atoms with Crippen LogP contribution in [-0.2, 0) is 4.79 Å². The Hall–Kier alpha value is -0.590. The summed E-state index contributed by atoms with van der Waals surface area (Å²) in [6.07, 6.45) is 3.89. The summed E-state index contributed by atoms with van der Waals surface area (Å²) in [7, 11) is 0. The van der Waals surface area contributed by atoms with Crippen LogP contribution < -0.4 is 0 Å². The minimum atomic E-state index is 0.274. The van der Waals surface area contributed by atoms with Gasteiger partial charge < -0.3 is 0 Å². The summed E-state index contributed by atoms with van der Waals surface area (Å²) in [5, 5.41) is 0. The Morgan fingerprint density at radius 2 is 1.88 bits per heavy atom. The van der Waals surface area contributed by atoms with E-state index in [-0.39, 0.29) is 5.78 Å². The van der Waals surface area contributed by atoms with Gasteiger partial charge >= 0.3 is 0 Å². The van der Waals surface area contributed by atoms with E-state index in [1.165, 1.54) is 0 Å². The lowest BCUT2D eigenvalue weighted by molar-refractivity contribution is -0.116. The summed E-state index contributed by atoms with van der Waals surface area (Å²) in [6, 6.07) is 0. The summed E-state index contributed by atoms with van der Waals surface area (Å²) in [5.41, 5.74) is 0.830.